The van der Waals surface area contributed by atoms with Gasteiger partial charge in [-0.25, -0.2) is 4.99 Å². The van der Waals surface area contributed by atoms with Gasteiger partial charge in [0.25, 0.3) is 5.69 Å². The quantitative estimate of drug-likeness (QED) is 0.247. The van der Waals surface area contributed by atoms with Crippen LogP contribution in [0.1, 0.15) is 16.7 Å². The summed E-state index contributed by atoms with van der Waals surface area (Å²) in [6.45, 7) is 4.21. The van der Waals surface area contributed by atoms with Crippen molar-refractivity contribution in [3.8, 4) is 5.88 Å². The van der Waals surface area contributed by atoms with E-state index in [2.05, 4.69) is 22.0 Å². The van der Waals surface area contributed by atoms with Gasteiger partial charge in [-0.3, -0.25) is 15.0 Å². The summed E-state index contributed by atoms with van der Waals surface area (Å²) in [5.41, 5.74) is 4.22. The van der Waals surface area contributed by atoms with Gasteiger partial charge in [-0.2, -0.15) is 0 Å². The highest BCUT2D eigenvalue weighted by atomic mass is 16.6. The van der Waals surface area contributed by atoms with Crippen molar-refractivity contribution in [2.75, 3.05) is 26.3 Å². The predicted molar refractivity (Wildman–Crippen MR) is 131 cm³/mol. The fourth-order valence-electron chi connectivity index (χ4n) is 4.20. The van der Waals surface area contributed by atoms with Gasteiger partial charge in [0.2, 0.25) is 0 Å². The predicted octanol–water partition coefficient (Wildman–Crippen LogP) is 4.78. The Balaban J connectivity index is 1.56. The SMILES string of the molecule is O=[N+]([O-])c1ccc2[nH]c(O)c(C(=Nc3ccc(CN4CCOCC4)cc3)c3ccccc3)c2c1. The number of nitrogens with zero attached hydrogens (tertiary/aromatic N) is 3. The van der Waals surface area contributed by atoms with E-state index < -0.39 is 4.92 Å². The van der Waals surface area contributed by atoms with Crippen LogP contribution in [0.15, 0.2) is 77.8 Å². The Bertz CT molecular complexity index is 1340. The molecule has 0 saturated carbocycles. The Morgan fingerprint density at radius 2 is 1.79 bits per heavy atom. The van der Waals surface area contributed by atoms with Crippen molar-refractivity contribution in [1.29, 1.82) is 0 Å². The van der Waals surface area contributed by atoms with E-state index in [1.165, 1.54) is 17.7 Å². The molecule has 4 aromatic rings. The van der Waals surface area contributed by atoms with Crippen LogP contribution in [0.25, 0.3) is 10.9 Å². The molecule has 8 heteroatoms. The van der Waals surface area contributed by atoms with E-state index in [1.807, 2.05) is 42.5 Å². The minimum absolute atomic E-state index is 0.0485. The zero-order valence-corrected chi connectivity index (χ0v) is 18.5. The third kappa shape index (κ3) is 4.54. The van der Waals surface area contributed by atoms with Crippen LogP contribution in [0.5, 0.6) is 5.88 Å². The lowest BCUT2D eigenvalue weighted by Crippen LogP contribution is -2.35. The Labute approximate surface area is 196 Å². The van der Waals surface area contributed by atoms with Gasteiger partial charge in [-0.15, -0.1) is 0 Å². The van der Waals surface area contributed by atoms with Crippen molar-refractivity contribution in [1.82, 2.24) is 9.88 Å². The lowest BCUT2D eigenvalue weighted by atomic mass is 10.0. The number of nitro groups is 1. The number of morpholine rings is 1. The molecule has 0 bridgehead atoms. The first-order valence-electron chi connectivity index (χ1n) is 11.1. The molecule has 0 amide bonds. The van der Waals surface area contributed by atoms with E-state index in [0.717, 1.165) is 44.1 Å². The third-order valence-corrected chi connectivity index (χ3v) is 5.94. The molecule has 8 nitrogen and oxygen atoms in total. The Hall–Kier alpha value is -4.01. The zero-order valence-electron chi connectivity index (χ0n) is 18.5. The van der Waals surface area contributed by atoms with Gasteiger partial charge in [0, 0.05) is 48.2 Å². The molecule has 0 radical (unpaired) electrons. The average molecular weight is 457 g/mol. The normalized spacial score (nSPS) is 15.0. The molecule has 5 rings (SSSR count). The van der Waals surface area contributed by atoms with Crippen LogP contribution in [0, 0.1) is 10.1 Å². The summed E-state index contributed by atoms with van der Waals surface area (Å²) in [5.74, 6) is -0.0814. The van der Waals surface area contributed by atoms with Crippen molar-refractivity contribution in [2.24, 2.45) is 4.99 Å². The first-order chi connectivity index (χ1) is 16.6. The van der Waals surface area contributed by atoms with Gasteiger partial charge in [-0.05, 0) is 23.8 Å². The number of aliphatic imine (C=N–C) groups is 1. The number of benzene rings is 3. The second-order valence-corrected chi connectivity index (χ2v) is 8.22. The van der Waals surface area contributed by atoms with Crippen LogP contribution < -0.4 is 0 Å². The molecule has 1 aliphatic heterocycles. The summed E-state index contributed by atoms with van der Waals surface area (Å²) in [7, 11) is 0. The van der Waals surface area contributed by atoms with Crippen molar-refractivity contribution in [2.45, 2.75) is 6.54 Å². The number of hydrogen-bond donors (Lipinski definition) is 2. The molecule has 2 N–H and O–H groups in total. The van der Waals surface area contributed by atoms with Crippen molar-refractivity contribution < 1.29 is 14.8 Å². The molecule has 0 atom stereocenters. The van der Waals surface area contributed by atoms with Gasteiger partial charge in [0.1, 0.15) is 0 Å². The summed E-state index contributed by atoms with van der Waals surface area (Å²) in [5, 5.41) is 22.7. The van der Waals surface area contributed by atoms with E-state index in [9.17, 15) is 15.2 Å². The number of fused-ring (bicyclic) bond motifs is 1. The highest BCUT2D eigenvalue weighted by Crippen LogP contribution is 2.33. The van der Waals surface area contributed by atoms with Crippen LogP contribution in [0.2, 0.25) is 0 Å². The highest BCUT2D eigenvalue weighted by Gasteiger charge is 2.21. The largest absolute Gasteiger partial charge is 0.494 e. The number of nitrogens with one attached hydrogen (secondary N) is 1. The molecule has 0 aliphatic carbocycles. The van der Waals surface area contributed by atoms with Crippen LogP contribution in [-0.2, 0) is 11.3 Å². The van der Waals surface area contributed by atoms with Crippen LogP contribution in [0.4, 0.5) is 11.4 Å². The molecule has 0 spiro atoms. The van der Waals surface area contributed by atoms with Crippen molar-refractivity contribution in [3.05, 3.63) is 99.6 Å². The lowest BCUT2D eigenvalue weighted by molar-refractivity contribution is -0.384. The smallest absolute Gasteiger partial charge is 0.270 e. The Morgan fingerprint density at radius 1 is 1.06 bits per heavy atom. The fraction of sp³-hybridized carbons (Fsp3) is 0.192. The maximum atomic E-state index is 11.4. The highest BCUT2D eigenvalue weighted by molar-refractivity contribution is 6.22. The van der Waals surface area contributed by atoms with Gasteiger partial charge in [0.05, 0.1) is 35.1 Å². The second kappa shape index (κ2) is 9.46. The summed E-state index contributed by atoms with van der Waals surface area (Å²) >= 11 is 0. The van der Waals surface area contributed by atoms with E-state index in [1.54, 1.807) is 6.07 Å². The molecular weight excluding hydrogens is 432 g/mol. The van der Waals surface area contributed by atoms with E-state index in [0.29, 0.717) is 22.2 Å². The molecule has 2 heterocycles. The number of hydrogen-bond acceptors (Lipinski definition) is 6. The van der Waals surface area contributed by atoms with Crippen molar-refractivity contribution in [3.63, 3.8) is 0 Å². The molecule has 1 saturated heterocycles. The van der Waals surface area contributed by atoms with Gasteiger partial charge < -0.3 is 14.8 Å². The first-order valence-corrected chi connectivity index (χ1v) is 11.1. The van der Waals surface area contributed by atoms with Crippen LogP contribution >= 0.6 is 0 Å². The zero-order chi connectivity index (χ0) is 23.5. The lowest BCUT2D eigenvalue weighted by Gasteiger charge is -2.26. The number of rotatable bonds is 6. The minimum Gasteiger partial charge on any atom is -0.494 e. The molecule has 0 unspecified atom stereocenters. The number of aromatic hydroxyl groups is 1. The topological polar surface area (TPSA) is 104 Å². The van der Waals surface area contributed by atoms with Crippen LogP contribution in [0.3, 0.4) is 0 Å². The Morgan fingerprint density at radius 3 is 2.50 bits per heavy atom. The maximum absolute atomic E-state index is 11.4. The minimum atomic E-state index is -0.445. The van der Waals surface area contributed by atoms with Gasteiger partial charge in [-0.1, -0.05) is 42.5 Å². The second-order valence-electron chi connectivity index (χ2n) is 8.22. The summed E-state index contributed by atoms with van der Waals surface area (Å²) in [6.07, 6.45) is 0. The first kappa shape index (κ1) is 21.8. The summed E-state index contributed by atoms with van der Waals surface area (Å²) in [6, 6.07) is 22.0. The van der Waals surface area contributed by atoms with Gasteiger partial charge in [0.15, 0.2) is 5.88 Å². The van der Waals surface area contributed by atoms with Crippen molar-refractivity contribution >= 4 is 28.0 Å². The van der Waals surface area contributed by atoms with E-state index in [4.69, 9.17) is 9.73 Å². The molecule has 1 fully saturated rings. The molecule has 172 valence electrons. The number of nitro benzene ring substituents is 1. The molecule has 1 aliphatic rings. The Kier molecular flexibility index (Phi) is 6.07. The molecule has 1 aromatic heterocycles. The number of H-pyrrole nitrogens is 1. The number of ether oxygens (including phenoxy) is 1. The summed E-state index contributed by atoms with van der Waals surface area (Å²) < 4.78 is 5.42. The van der Waals surface area contributed by atoms with E-state index in [-0.39, 0.29) is 11.6 Å². The molecule has 34 heavy (non-hydrogen) atoms. The summed E-state index contributed by atoms with van der Waals surface area (Å²) in [4.78, 5) is 21.1. The third-order valence-electron chi connectivity index (χ3n) is 5.94. The van der Waals surface area contributed by atoms with E-state index >= 15 is 0 Å². The maximum Gasteiger partial charge on any atom is 0.270 e. The fourth-order valence-corrected chi connectivity index (χ4v) is 4.20. The average Bonchev–Trinajstić information content (AvgIpc) is 3.19. The monoisotopic (exact) mass is 456 g/mol. The van der Waals surface area contributed by atoms with Crippen LogP contribution in [-0.4, -0.2) is 51.9 Å². The number of non-ortho nitro benzene ring substituents is 1. The number of aromatic amines is 1. The van der Waals surface area contributed by atoms with Gasteiger partial charge >= 0.3 is 0 Å². The standard InChI is InChI=1S/C26H24N4O4/c31-26-24(22-16-21(30(32)33)10-11-23(22)28-26)25(19-4-2-1-3-5-19)27-20-8-6-18(7-9-20)17-29-12-14-34-15-13-29/h1-11,16,28,31H,12-15,17H2. The molecular formula is C26H24N4O4. The number of aromatic nitrogens is 1. The molecule has 3 aromatic carbocycles.